The Balaban J connectivity index is 0.000000199. The van der Waals surface area contributed by atoms with Crippen molar-refractivity contribution in [1.82, 2.24) is 0 Å². The summed E-state index contributed by atoms with van der Waals surface area (Å²) in [6, 6.07) is 16.1. The zero-order chi connectivity index (χ0) is 13.2. The molecular formula is C16H21N2+. The number of aromatic nitrogens is 1. The van der Waals surface area contributed by atoms with E-state index in [-0.39, 0.29) is 0 Å². The van der Waals surface area contributed by atoms with Crippen LogP contribution in [-0.4, -0.2) is 0 Å². The number of hydrogen-bond acceptors (Lipinski definition) is 1. The van der Waals surface area contributed by atoms with Crippen LogP contribution in [0.2, 0.25) is 0 Å². The van der Waals surface area contributed by atoms with Gasteiger partial charge < -0.3 is 5.32 Å². The minimum atomic E-state index is 1.14. The van der Waals surface area contributed by atoms with Crippen LogP contribution in [0.25, 0.3) is 0 Å². The number of aryl methyl sites for hydroxylation is 1. The highest BCUT2D eigenvalue weighted by Crippen LogP contribution is 2.07. The Hall–Kier alpha value is -2.09. The van der Waals surface area contributed by atoms with Crippen molar-refractivity contribution in [1.29, 1.82) is 0 Å². The molecule has 0 radical (unpaired) electrons. The van der Waals surface area contributed by atoms with Gasteiger partial charge in [0.15, 0.2) is 12.4 Å². The third-order valence-electron chi connectivity index (χ3n) is 2.41. The van der Waals surface area contributed by atoms with Gasteiger partial charge in [0.1, 0.15) is 7.05 Å². The van der Waals surface area contributed by atoms with Crippen LogP contribution in [0, 0.1) is 0 Å². The Bertz CT molecular complexity index is 461. The van der Waals surface area contributed by atoms with Crippen LogP contribution < -0.4 is 9.88 Å². The van der Waals surface area contributed by atoms with Crippen molar-refractivity contribution in [3.05, 3.63) is 72.7 Å². The summed E-state index contributed by atoms with van der Waals surface area (Å²) >= 11 is 0. The van der Waals surface area contributed by atoms with Gasteiger partial charge in [-0.05, 0) is 26.0 Å². The van der Waals surface area contributed by atoms with Crippen LogP contribution in [0.5, 0.6) is 0 Å². The maximum Gasteiger partial charge on any atom is 0.168 e. The molecule has 0 bridgehead atoms. The van der Waals surface area contributed by atoms with E-state index in [0.717, 1.165) is 5.69 Å². The molecule has 0 saturated carbocycles. The van der Waals surface area contributed by atoms with Gasteiger partial charge in [-0.1, -0.05) is 30.3 Å². The van der Waals surface area contributed by atoms with Gasteiger partial charge in [0.05, 0.1) is 0 Å². The average Bonchev–Trinajstić information content (AvgIpc) is 2.41. The largest absolute Gasteiger partial charge is 0.359 e. The standard InChI is InChI=1S/C10H13N.C6H8N/c1-3-9(2)11-10-7-5-4-6-8-10;1-7-5-3-2-4-6-7/h3-8,11H,1-2H3;2-6H,1H3/q;+1/b9-3-;. The van der Waals surface area contributed by atoms with Gasteiger partial charge in [0.2, 0.25) is 0 Å². The van der Waals surface area contributed by atoms with E-state index in [4.69, 9.17) is 0 Å². The van der Waals surface area contributed by atoms with Gasteiger partial charge in [-0.15, -0.1) is 0 Å². The summed E-state index contributed by atoms with van der Waals surface area (Å²) in [6.07, 6.45) is 6.05. The Kier molecular flexibility index (Phi) is 6.26. The molecule has 94 valence electrons. The Labute approximate surface area is 110 Å². The Morgan fingerprint density at radius 2 is 1.56 bits per heavy atom. The number of nitrogens with zero attached hydrogens (tertiary/aromatic N) is 1. The highest BCUT2D eigenvalue weighted by atomic mass is 14.9. The quantitative estimate of drug-likeness (QED) is 0.795. The van der Waals surface area contributed by atoms with Gasteiger partial charge in [0, 0.05) is 23.5 Å². The summed E-state index contributed by atoms with van der Waals surface area (Å²) in [5.74, 6) is 0. The minimum Gasteiger partial charge on any atom is -0.359 e. The van der Waals surface area contributed by atoms with Crippen molar-refractivity contribution >= 4 is 5.69 Å². The predicted molar refractivity (Wildman–Crippen MR) is 77.1 cm³/mol. The lowest BCUT2D eigenvalue weighted by molar-refractivity contribution is -0.671. The van der Waals surface area contributed by atoms with Crippen LogP contribution in [0.15, 0.2) is 72.7 Å². The van der Waals surface area contributed by atoms with Crippen LogP contribution in [0.3, 0.4) is 0 Å². The minimum absolute atomic E-state index is 1.14. The topological polar surface area (TPSA) is 15.9 Å². The summed E-state index contributed by atoms with van der Waals surface area (Å²) in [4.78, 5) is 0. The third-order valence-corrected chi connectivity index (χ3v) is 2.41. The van der Waals surface area contributed by atoms with Crippen molar-refractivity contribution in [3.63, 3.8) is 0 Å². The molecule has 0 aliphatic heterocycles. The van der Waals surface area contributed by atoms with E-state index < -0.39 is 0 Å². The van der Waals surface area contributed by atoms with E-state index in [1.165, 1.54) is 5.70 Å². The fourth-order valence-electron chi connectivity index (χ4n) is 1.31. The summed E-state index contributed by atoms with van der Waals surface area (Å²) in [5.41, 5.74) is 2.32. The molecule has 1 aromatic carbocycles. The molecule has 1 heterocycles. The van der Waals surface area contributed by atoms with Crippen molar-refractivity contribution in [2.75, 3.05) is 5.32 Å². The van der Waals surface area contributed by atoms with Gasteiger partial charge in [-0.3, -0.25) is 0 Å². The molecule has 0 spiro atoms. The normalized spacial score (nSPS) is 10.3. The highest BCUT2D eigenvalue weighted by molar-refractivity contribution is 5.47. The zero-order valence-electron chi connectivity index (χ0n) is 11.3. The predicted octanol–water partition coefficient (Wildman–Crippen LogP) is 3.53. The number of para-hydroxylation sites is 1. The SMILES string of the molecule is C/C=C(/C)Nc1ccccc1.C[n+]1ccccc1. The van der Waals surface area contributed by atoms with Gasteiger partial charge in [-0.25, -0.2) is 4.57 Å². The number of benzene rings is 1. The summed E-state index contributed by atoms with van der Waals surface area (Å²) < 4.78 is 2.00. The van der Waals surface area contributed by atoms with E-state index in [0.29, 0.717) is 0 Å². The lowest BCUT2D eigenvalue weighted by atomic mass is 10.3. The first-order valence-corrected chi connectivity index (χ1v) is 6.07. The number of allylic oxidation sites excluding steroid dienone is 2. The van der Waals surface area contributed by atoms with Crippen LogP contribution >= 0.6 is 0 Å². The first-order valence-electron chi connectivity index (χ1n) is 6.07. The van der Waals surface area contributed by atoms with Crippen LogP contribution in [0.1, 0.15) is 13.8 Å². The van der Waals surface area contributed by atoms with Crippen molar-refractivity contribution < 1.29 is 4.57 Å². The molecule has 0 amide bonds. The maximum atomic E-state index is 3.25. The van der Waals surface area contributed by atoms with Gasteiger partial charge in [0.25, 0.3) is 0 Å². The smallest absolute Gasteiger partial charge is 0.168 e. The van der Waals surface area contributed by atoms with Gasteiger partial charge in [-0.2, -0.15) is 0 Å². The molecule has 0 unspecified atom stereocenters. The molecule has 1 aromatic heterocycles. The summed E-state index contributed by atoms with van der Waals surface area (Å²) in [6.45, 7) is 4.07. The molecule has 1 N–H and O–H groups in total. The fraction of sp³-hybridized carbons (Fsp3) is 0.188. The lowest BCUT2D eigenvalue weighted by Crippen LogP contribution is -2.25. The van der Waals surface area contributed by atoms with Crippen molar-refractivity contribution in [2.45, 2.75) is 13.8 Å². The van der Waals surface area contributed by atoms with Crippen molar-refractivity contribution in [3.8, 4) is 0 Å². The van der Waals surface area contributed by atoms with E-state index >= 15 is 0 Å². The fourth-order valence-corrected chi connectivity index (χ4v) is 1.31. The van der Waals surface area contributed by atoms with E-state index in [1.807, 2.05) is 92.5 Å². The molecule has 18 heavy (non-hydrogen) atoms. The molecular weight excluding hydrogens is 220 g/mol. The van der Waals surface area contributed by atoms with Crippen LogP contribution in [-0.2, 0) is 7.05 Å². The molecule has 2 aromatic rings. The second-order valence-electron chi connectivity index (χ2n) is 4.00. The Morgan fingerprint density at radius 3 is 2.00 bits per heavy atom. The lowest BCUT2D eigenvalue weighted by Gasteiger charge is -2.04. The molecule has 0 aliphatic carbocycles. The van der Waals surface area contributed by atoms with E-state index in [1.54, 1.807) is 0 Å². The second kappa shape index (κ2) is 8.07. The maximum absolute atomic E-state index is 3.25. The molecule has 2 nitrogen and oxygen atoms in total. The molecule has 0 saturated heterocycles. The summed E-state index contributed by atoms with van der Waals surface area (Å²) in [7, 11) is 2.00. The second-order valence-corrected chi connectivity index (χ2v) is 4.00. The van der Waals surface area contributed by atoms with Crippen LogP contribution in [0.4, 0.5) is 5.69 Å². The molecule has 0 fully saturated rings. The number of anilines is 1. The molecule has 0 atom stereocenters. The average molecular weight is 241 g/mol. The number of pyridine rings is 1. The number of nitrogens with one attached hydrogen (secondary N) is 1. The Morgan fingerprint density at radius 1 is 1.00 bits per heavy atom. The van der Waals surface area contributed by atoms with E-state index in [2.05, 4.69) is 5.32 Å². The first kappa shape index (κ1) is 14.0. The molecule has 2 heteroatoms. The molecule has 0 aliphatic rings. The van der Waals surface area contributed by atoms with Gasteiger partial charge >= 0.3 is 0 Å². The third kappa shape index (κ3) is 5.85. The number of hydrogen-bond donors (Lipinski definition) is 1. The summed E-state index contributed by atoms with van der Waals surface area (Å²) in [5, 5.41) is 3.25. The van der Waals surface area contributed by atoms with E-state index in [9.17, 15) is 0 Å². The molecule has 2 rings (SSSR count). The zero-order valence-corrected chi connectivity index (χ0v) is 11.3. The highest BCUT2D eigenvalue weighted by Gasteiger charge is 1.87. The van der Waals surface area contributed by atoms with Crippen molar-refractivity contribution in [2.24, 2.45) is 7.05 Å². The number of rotatable bonds is 2. The monoisotopic (exact) mass is 241 g/mol. The first-order chi connectivity index (χ1) is 8.72.